The quantitative estimate of drug-likeness (QED) is 0.641. The molecular weight excluding hydrogens is 180 g/mol. The molecule has 3 heteroatoms. The lowest BCUT2D eigenvalue weighted by molar-refractivity contribution is -0.255. The number of rotatable bonds is 1. The van der Waals surface area contributed by atoms with E-state index < -0.39 is 0 Å². The van der Waals surface area contributed by atoms with Gasteiger partial charge in [-0.15, -0.1) is 0 Å². The Labute approximate surface area is 84.8 Å². The molecular formula is C11H18O3. The van der Waals surface area contributed by atoms with Gasteiger partial charge in [-0.25, -0.2) is 0 Å². The fourth-order valence-electron chi connectivity index (χ4n) is 2.02. The molecule has 14 heavy (non-hydrogen) atoms. The standard InChI is InChI=1S/C11H18O3/c1-11(2,3)10(12)9-8-7(14-9)5-4-6-13-8/h7-9H,4-6H2,1-3H3/t7-,8+,9+/m0/s1. The Balaban J connectivity index is 1.98. The number of carbonyl (C=O) groups is 1. The Morgan fingerprint density at radius 2 is 2.07 bits per heavy atom. The smallest absolute Gasteiger partial charge is 0.169 e. The first-order chi connectivity index (χ1) is 6.50. The van der Waals surface area contributed by atoms with E-state index in [1.54, 1.807) is 0 Å². The highest BCUT2D eigenvalue weighted by Gasteiger charge is 2.50. The number of fused-ring (bicyclic) bond motifs is 1. The Morgan fingerprint density at radius 1 is 1.36 bits per heavy atom. The summed E-state index contributed by atoms with van der Waals surface area (Å²) in [5.41, 5.74) is -0.323. The molecule has 2 rings (SSSR count). The zero-order valence-electron chi connectivity index (χ0n) is 9.08. The first-order valence-corrected chi connectivity index (χ1v) is 5.31. The van der Waals surface area contributed by atoms with Crippen LogP contribution in [-0.2, 0) is 14.3 Å². The maximum atomic E-state index is 11.9. The summed E-state index contributed by atoms with van der Waals surface area (Å²) in [6, 6.07) is 0. The number of hydrogen-bond donors (Lipinski definition) is 0. The number of hydrogen-bond acceptors (Lipinski definition) is 3. The van der Waals surface area contributed by atoms with Crippen LogP contribution in [0.3, 0.4) is 0 Å². The summed E-state index contributed by atoms with van der Waals surface area (Å²) in [6.07, 6.45) is 2.01. The molecule has 0 aliphatic carbocycles. The Bertz CT molecular complexity index is 241. The van der Waals surface area contributed by atoms with Crippen LogP contribution in [0.2, 0.25) is 0 Å². The molecule has 2 heterocycles. The van der Waals surface area contributed by atoms with Crippen LogP contribution in [0.5, 0.6) is 0 Å². The summed E-state index contributed by atoms with van der Waals surface area (Å²) in [6.45, 7) is 6.55. The minimum atomic E-state index is -0.323. The molecule has 0 radical (unpaired) electrons. The van der Waals surface area contributed by atoms with E-state index in [1.165, 1.54) is 0 Å². The second-order valence-electron chi connectivity index (χ2n) is 5.19. The van der Waals surface area contributed by atoms with Gasteiger partial charge < -0.3 is 9.47 Å². The number of ether oxygens (including phenoxy) is 2. The van der Waals surface area contributed by atoms with Gasteiger partial charge in [-0.05, 0) is 12.8 Å². The second kappa shape index (κ2) is 3.31. The van der Waals surface area contributed by atoms with Crippen LogP contribution in [0, 0.1) is 5.41 Å². The van der Waals surface area contributed by atoms with Gasteiger partial charge in [0, 0.05) is 12.0 Å². The fraction of sp³-hybridized carbons (Fsp3) is 0.909. The van der Waals surface area contributed by atoms with E-state index in [-0.39, 0.29) is 29.5 Å². The molecule has 0 saturated carbocycles. The van der Waals surface area contributed by atoms with Crippen LogP contribution >= 0.6 is 0 Å². The summed E-state index contributed by atoms with van der Waals surface area (Å²) in [7, 11) is 0. The Morgan fingerprint density at radius 3 is 2.64 bits per heavy atom. The van der Waals surface area contributed by atoms with Crippen LogP contribution in [0.1, 0.15) is 33.6 Å². The summed E-state index contributed by atoms with van der Waals surface area (Å²) < 4.78 is 11.1. The predicted molar refractivity (Wildman–Crippen MR) is 52.1 cm³/mol. The van der Waals surface area contributed by atoms with Crippen LogP contribution in [-0.4, -0.2) is 30.7 Å². The van der Waals surface area contributed by atoms with Crippen LogP contribution in [0.25, 0.3) is 0 Å². The zero-order chi connectivity index (χ0) is 10.3. The van der Waals surface area contributed by atoms with Gasteiger partial charge in [0.05, 0.1) is 6.10 Å². The second-order valence-corrected chi connectivity index (χ2v) is 5.19. The third-order valence-corrected chi connectivity index (χ3v) is 2.93. The molecule has 2 fully saturated rings. The van der Waals surface area contributed by atoms with Crippen molar-refractivity contribution in [2.45, 2.75) is 51.9 Å². The van der Waals surface area contributed by atoms with Gasteiger partial charge in [0.2, 0.25) is 0 Å². The Kier molecular flexibility index (Phi) is 2.40. The molecule has 80 valence electrons. The number of carbonyl (C=O) groups excluding carboxylic acids is 1. The van der Waals surface area contributed by atoms with Gasteiger partial charge in [-0.1, -0.05) is 20.8 Å². The van der Waals surface area contributed by atoms with Crippen molar-refractivity contribution in [1.82, 2.24) is 0 Å². The summed E-state index contributed by atoms with van der Waals surface area (Å²) in [5, 5.41) is 0. The summed E-state index contributed by atoms with van der Waals surface area (Å²) in [5.74, 6) is 0.167. The van der Waals surface area contributed by atoms with Crippen LogP contribution in [0.4, 0.5) is 0 Å². The average Bonchev–Trinajstić information content (AvgIpc) is 2.05. The molecule has 2 saturated heterocycles. The normalized spacial score (nSPS) is 37.2. The van der Waals surface area contributed by atoms with Gasteiger partial charge in [0.1, 0.15) is 12.2 Å². The maximum Gasteiger partial charge on any atom is 0.169 e. The molecule has 0 aromatic heterocycles. The fourth-order valence-corrected chi connectivity index (χ4v) is 2.02. The average molecular weight is 198 g/mol. The van der Waals surface area contributed by atoms with E-state index >= 15 is 0 Å². The molecule has 0 bridgehead atoms. The highest BCUT2D eigenvalue weighted by atomic mass is 16.6. The molecule has 0 unspecified atom stereocenters. The highest BCUT2D eigenvalue weighted by Crippen LogP contribution is 2.35. The van der Waals surface area contributed by atoms with Crippen molar-refractivity contribution < 1.29 is 14.3 Å². The molecule has 0 aromatic carbocycles. The topological polar surface area (TPSA) is 35.5 Å². The predicted octanol–water partition coefficient (Wildman–Crippen LogP) is 1.55. The van der Waals surface area contributed by atoms with E-state index in [0.717, 1.165) is 19.4 Å². The lowest BCUT2D eigenvalue weighted by atomic mass is 9.81. The van der Waals surface area contributed by atoms with E-state index in [0.29, 0.717) is 0 Å². The third kappa shape index (κ3) is 1.59. The highest BCUT2D eigenvalue weighted by molar-refractivity contribution is 5.89. The molecule has 2 aliphatic heterocycles. The molecule has 0 amide bonds. The largest absolute Gasteiger partial charge is 0.372 e. The molecule has 0 spiro atoms. The van der Waals surface area contributed by atoms with Crippen LogP contribution < -0.4 is 0 Å². The van der Waals surface area contributed by atoms with Gasteiger partial charge in [0.15, 0.2) is 5.78 Å². The van der Waals surface area contributed by atoms with E-state index in [2.05, 4.69) is 0 Å². The van der Waals surface area contributed by atoms with Crippen molar-refractivity contribution in [3.05, 3.63) is 0 Å². The molecule has 0 aromatic rings. The van der Waals surface area contributed by atoms with Crippen molar-refractivity contribution >= 4 is 5.78 Å². The first-order valence-electron chi connectivity index (χ1n) is 5.31. The van der Waals surface area contributed by atoms with Crippen molar-refractivity contribution in [2.75, 3.05) is 6.61 Å². The summed E-state index contributed by atoms with van der Waals surface area (Å²) in [4.78, 5) is 11.9. The zero-order valence-corrected chi connectivity index (χ0v) is 9.08. The van der Waals surface area contributed by atoms with Crippen molar-refractivity contribution in [1.29, 1.82) is 0 Å². The molecule has 0 N–H and O–H groups in total. The van der Waals surface area contributed by atoms with Crippen molar-refractivity contribution in [2.24, 2.45) is 5.41 Å². The molecule has 2 aliphatic rings. The van der Waals surface area contributed by atoms with Gasteiger partial charge in [-0.3, -0.25) is 4.79 Å². The van der Waals surface area contributed by atoms with Gasteiger partial charge in [-0.2, -0.15) is 0 Å². The Hall–Kier alpha value is -0.410. The monoisotopic (exact) mass is 198 g/mol. The summed E-state index contributed by atoms with van der Waals surface area (Å²) >= 11 is 0. The van der Waals surface area contributed by atoms with E-state index in [4.69, 9.17) is 9.47 Å². The minimum absolute atomic E-state index is 0.0375. The molecule has 3 atom stereocenters. The minimum Gasteiger partial charge on any atom is -0.372 e. The third-order valence-electron chi connectivity index (χ3n) is 2.93. The lowest BCUT2D eigenvalue weighted by Gasteiger charge is -2.47. The van der Waals surface area contributed by atoms with E-state index in [9.17, 15) is 4.79 Å². The number of Topliss-reactive ketones (excluding diaryl/α,β-unsaturated/α-hetero) is 1. The van der Waals surface area contributed by atoms with E-state index in [1.807, 2.05) is 20.8 Å². The SMILES string of the molecule is CC(C)(C)C(=O)[C@@H]1O[C@H]2CCCO[C@H]21. The maximum absolute atomic E-state index is 11.9. The van der Waals surface area contributed by atoms with Gasteiger partial charge >= 0.3 is 0 Å². The molecule has 3 nitrogen and oxygen atoms in total. The van der Waals surface area contributed by atoms with Crippen molar-refractivity contribution in [3.63, 3.8) is 0 Å². The first kappa shape index (κ1) is 10.1. The van der Waals surface area contributed by atoms with Crippen LogP contribution in [0.15, 0.2) is 0 Å². The lowest BCUT2D eigenvalue weighted by Crippen LogP contribution is -2.62. The van der Waals surface area contributed by atoms with Gasteiger partial charge in [0.25, 0.3) is 0 Å². The number of ketones is 1. The van der Waals surface area contributed by atoms with Crippen molar-refractivity contribution in [3.8, 4) is 0 Å².